The first kappa shape index (κ1) is 13.5. The molecule has 1 fully saturated rings. The molecule has 1 atom stereocenters. The third-order valence-electron chi connectivity index (χ3n) is 3.35. The third-order valence-corrected chi connectivity index (χ3v) is 3.35. The molecule has 1 aliphatic rings. The van der Waals surface area contributed by atoms with E-state index in [0.717, 1.165) is 5.56 Å². The summed E-state index contributed by atoms with van der Waals surface area (Å²) in [7, 11) is 0. The van der Waals surface area contributed by atoms with Gasteiger partial charge in [-0.1, -0.05) is 26.8 Å². The van der Waals surface area contributed by atoms with E-state index in [1.165, 1.54) is 10.6 Å². The molecule has 2 heterocycles. The van der Waals surface area contributed by atoms with Gasteiger partial charge < -0.3 is 4.57 Å². The van der Waals surface area contributed by atoms with Crippen LogP contribution in [0, 0.1) is 0 Å². The average Bonchev–Trinajstić information content (AvgIpc) is 2.29. The zero-order valence-electron chi connectivity index (χ0n) is 11.4. The van der Waals surface area contributed by atoms with Gasteiger partial charge >= 0.3 is 0 Å². The lowest BCUT2D eigenvalue weighted by molar-refractivity contribution is -0.135. The first-order chi connectivity index (χ1) is 8.79. The van der Waals surface area contributed by atoms with Crippen LogP contribution in [0.4, 0.5) is 0 Å². The molecule has 1 aromatic rings. The predicted octanol–water partition coefficient (Wildman–Crippen LogP) is 1.12. The highest BCUT2D eigenvalue weighted by Crippen LogP contribution is 2.23. The van der Waals surface area contributed by atoms with Gasteiger partial charge in [0.25, 0.3) is 5.56 Å². The Morgan fingerprint density at radius 2 is 1.89 bits per heavy atom. The second-order valence-electron chi connectivity index (χ2n) is 5.88. The number of carbonyl (C=O) groups excluding carboxylic acids is 2. The lowest BCUT2D eigenvalue weighted by Crippen LogP contribution is -2.44. The highest BCUT2D eigenvalue weighted by Gasteiger charge is 2.29. The van der Waals surface area contributed by atoms with Crippen molar-refractivity contribution in [2.45, 2.75) is 45.1 Å². The van der Waals surface area contributed by atoms with Crippen LogP contribution in [0.15, 0.2) is 23.1 Å². The number of aromatic nitrogens is 1. The van der Waals surface area contributed by atoms with Crippen LogP contribution < -0.4 is 10.9 Å². The molecule has 2 rings (SSSR count). The quantitative estimate of drug-likeness (QED) is 0.771. The molecule has 1 aromatic heterocycles. The normalized spacial score (nSPS) is 20.3. The summed E-state index contributed by atoms with van der Waals surface area (Å²) in [5.41, 5.74) is 0.662. The number of hydrogen-bond acceptors (Lipinski definition) is 3. The van der Waals surface area contributed by atoms with Crippen molar-refractivity contribution in [1.82, 2.24) is 9.88 Å². The molecule has 5 nitrogen and oxygen atoms in total. The van der Waals surface area contributed by atoms with Crippen LogP contribution in [0.25, 0.3) is 0 Å². The number of carbonyl (C=O) groups is 2. The standard InChI is InChI=1S/C14H18N2O3/c1-14(2,3)9-4-7-12(18)16(8-9)10-5-6-11(17)15-13(10)19/h4,7-8,10H,5-6H2,1-3H3,(H,15,17,19). The minimum Gasteiger partial charge on any atom is -0.303 e. The first-order valence-corrected chi connectivity index (χ1v) is 6.35. The molecule has 0 spiro atoms. The summed E-state index contributed by atoms with van der Waals surface area (Å²) in [5.74, 6) is -0.675. The fourth-order valence-electron chi connectivity index (χ4n) is 2.14. The van der Waals surface area contributed by atoms with Gasteiger partial charge in [0.05, 0.1) is 0 Å². The maximum atomic E-state index is 11.9. The molecule has 2 amide bonds. The smallest absolute Gasteiger partial charge is 0.251 e. The molecule has 1 unspecified atom stereocenters. The van der Waals surface area contributed by atoms with Gasteiger partial charge in [-0.25, -0.2) is 0 Å². The van der Waals surface area contributed by atoms with Crippen LogP contribution in [-0.2, 0) is 15.0 Å². The summed E-state index contributed by atoms with van der Waals surface area (Å²) < 4.78 is 1.43. The molecule has 0 saturated carbocycles. The largest absolute Gasteiger partial charge is 0.303 e. The van der Waals surface area contributed by atoms with Gasteiger partial charge in [-0.15, -0.1) is 0 Å². The lowest BCUT2D eigenvalue weighted by atomic mass is 9.88. The fourth-order valence-corrected chi connectivity index (χ4v) is 2.14. The summed E-state index contributed by atoms with van der Waals surface area (Å²) in [6.07, 6.45) is 2.36. The molecule has 1 saturated heterocycles. The Morgan fingerprint density at radius 1 is 1.21 bits per heavy atom. The van der Waals surface area contributed by atoms with E-state index < -0.39 is 11.9 Å². The minimum atomic E-state index is -0.590. The van der Waals surface area contributed by atoms with E-state index in [1.54, 1.807) is 12.3 Å². The Hall–Kier alpha value is -1.91. The summed E-state index contributed by atoms with van der Waals surface area (Å²) >= 11 is 0. The summed E-state index contributed by atoms with van der Waals surface area (Å²) in [6, 6.07) is 2.67. The highest BCUT2D eigenvalue weighted by atomic mass is 16.2. The second kappa shape index (κ2) is 4.64. The number of nitrogens with one attached hydrogen (secondary N) is 1. The van der Waals surface area contributed by atoms with E-state index in [4.69, 9.17) is 0 Å². The molecule has 19 heavy (non-hydrogen) atoms. The molecular weight excluding hydrogens is 244 g/mol. The SMILES string of the molecule is CC(C)(C)c1ccc(=O)n(C2CCC(=O)NC2=O)c1. The number of hydrogen-bond donors (Lipinski definition) is 1. The number of imide groups is 1. The van der Waals surface area contributed by atoms with Crippen molar-refractivity contribution in [3.63, 3.8) is 0 Å². The van der Waals surface area contributed by atoms with Crippen LogP contribution in [0.1, 0.15) is 45.2 Å². The zero-order valence-corrected chi connectivity index (χ0v) is 11.4. The molecule has 5 heteroatoms. The van der Waals surface area contributed by atoms with E-state index in [-0.39, 0.29) is 23.3 Å². The Morgan fingerprint density at radius 3 is 2.47 bits per heavy atom. The first-order valence-electron chi connectivity index (χ1n) is 6.35. The van der Waals surface area contributed by atoms with Crippen molar-refractivity contribution in [3.8, 4) is 0 Å². The average molecular weight is 262 g/mol. The van der Waals surface area contributed by atoms with Crippen molar-refractivity contribution in [1.29, 1.82) is 0 Å². The van der Waals surface area contributed by atoms with E-state index >= 15 is 0 Å². The van der Waals surface area contributed by atoms with Crippen molar-refractivity contribution < 1.29 is 9.59 Å². The highest BCUT2D eigenvalue weighted by molar-refractivity contribution is 5.99. The van der Waals surface area contributed by atoms with Crippen LogP contribution in [-0.4, -0.2) is 16.4 Å². The Kier molecular flexibility index (Phi) is 3.30. The fraction of sp³-hybridized carbons (Fsp3) is 0.500. The van der Waals surface area contributed by atoms with Crippen LogP contribution in [0.3, 0.4) is 0 Å². The van der Waals surface area contributed by atoms with E-state index in [2.05, 4.69) is 5.32 Å². The van der Waals surface area contributed by atoms with Crippen LogP contribution in [0.5, 0.6) is 0 Å². The molecule has 1 aliphatic heterocycles. The Balaban J connectivity index is 2.42. The second-order valence-corrected chi connectivity index (χ2v) is 5.88. The number of piperidine rings is 1. The maximum Gasteiger partial charge on any atom is 0.251 e. The predicted molar refractivity (Wildman–Crippen MR) is 70.8 cm³/mol. The monoisotopic (exact) mass is 262 g/mol. The Bertz CT molecular complexity index is 581. The summed E-state index contributed by atoms with van der Waals surface area (Å²) in [5, 5.41) is 2.28. The van der Waals surface area contributed by atoms with E-state index in [1.807, 2.05) is 20.8 Å². The van der Waals surface area contributed by atoms with E-state index in [9.17, 15) is 14.4 Å². The Labute approximate surface area is 111 Å². The topological polar surface area (TPSA) is 68.2 Å². The maximum absolute atomic E-state index is 11.9. The van der Waals surface area contributed by atoms with Crippen molar-refractivity contribution in [2.75, 3.05) is 0 Å². The van der Waals surface area contributed by atoms with Gasteiger partial charge in [-0.05, 0) is 17.4 Å². The van der Waals surface area contributed by atoms with Crippen LogP contribution >= 0.6 is 0 Å². The van der Waals surface area contributed by atoms with Crippen LogP contribution in [0.2, 0.25) is 0 Å². The molecule has 102 valence electrons. The molecule has 0 aromatic carbocycles. The number of amides is 2. The molecular formula is C14H18N2O3. The summed E-state index contributed by atoms with van der Waals surface area (Å²) in [6.45, 7) is 6.13. The van der Waals surface area contributed by atoms with Crippen molar-refractivity contribution >= 4 is 11.8 Å². The lowest BCUT2D eigenvalue weighted by Gasteiger charge is -2.25. The van der Waals surface area contributed by atoms with Gasteiger partial charge in [0.1, 0.15) is 6.04 Å². The van der Waals surface area contributed by atoms with Gasteiger partial charge in [-0.3, -0.25) is 19.7 Å². The number of pyridine rings is 1. The number of rotatable bonds is 1. The van der Waals surface area contributed by atoms with E-state index in [0.29, 0.717) is 6.42 Å². The molecule has 0 radical (unpaired) electrons. The molecule has 1 N–H and O–H groups in total. The third kappa shape index (κ3) is 2.75. The minimum absolute atomic E-state index is 0.101. The number of nitrogens with zero attached hydrogens (tertiary/aromatic N) is 1. The molecule has 0 aliphatic carbocycles. The van der Waals surface area contributed by atoms with Gasteiger partial charge in [0.2, 0.25) is 11.8 Å². The van der Waals surface area contributed by atoms with Crippen molar-refractivity contribution in [3.05, 3.63) is 34.2 Å². The van der Waals surface area contributed by atoms with Gasteiger partial charge in [0, 0.05) is 18.7 Å². The van der Waals surface area contributed by atoms with Crippen molar-refractivity contribution in [2.24, 2.45) is 0 Å². The van der Waals surface area contributed by atoms with Gasteiger partial charge in [0.15, 0.2) is 0 Å². The van der Waals surface area contributed by atoms with Gasteiger partial charge in [-0.2, -0.15) is 0 Å². The summed E-state index contributed by atoms with van der Waals surface area (Å²) in [4.78, 5) is 34.9. The molecule has 0 bridgehead atoms. The zero-order chi connectivity index (χ0) is 14.2.